The molecule has 0 rings (SSSR count). The second-order valence-corrected chi connectivity index (χ2v) is 4.69. The smallest absolute Gasteiger partial charge is 0.317 e. The van der Waals surface area contributed by atoms with Crippen LogP contribution in [0.1, 0.15) is 0 Å². The molecule has 0 aliphatic heterocycles. The van der Waals surface area contributed by atoms with Crippen molar-refractivity contribution < 1.29 is 29.4 Å². The molecule has 0 unspecified atom stereocenters. The molecule has 22 heavy (non-hydrogen) atoms. The van der Waals surface area contributed by atoms with E-state index < -0.39 is 11.9 Å². The van der Waals surface area contributed by atoms with Gasteiger partial charge < -0.3 is 21.7 Å². The second kappa shape index (κ2) is 10.8. The van der Waals surface area contributed by atoms with Crippen molar-refractivity contribution in [1.82, 2.24) is 9.80 Å². The molecule has 0 aromatic rings. The van der Waals surface area contributed by atoms with Gasteiger partial charge in [0.1, 0.15) is 0 Å². The molecule has 126 valence electrons. The van der Waals surface area contributed by atoms with Gasteiger partial charge in [-0.2, -0.15) is 0 Å². The standard InChI is InChI=1S/C12H22N4O6/c13-3-9(17)5-15(7-11(19)20)1-2-16(8-12(21)22)6-10(18)4-14/h1-8,13-14H2,(H,19,20)(H,21,22). The van der Waals surface area contributed by atoms with Crippen molar-refractivity contribution in [3.8, 4) is 0 Å². The van der Waals surface area contributed by atoms with Crippen LogP contribution < -0.4 is 11.5 Å². The minimum Gasteiger partial charge on any atom is -0.480 e. The molecule has 0 saturated carbocycles. The van der Waals surface area contributed by atoms with Crippen molar-refractivity contribution in [3.63, 3.8) is 0 Å². The van der Waals surface area contributed by atoms with Crippen LogP contribution in [0.25, 0.3) is 0 Å². The molecule has 0 spiro atoms. The fraction of sp³-hybridized carbons (Fsp3) is 0.667. The Morgan fingerprint density at radius 1 is 0.682 bits per heavy atom. The number of hydrogen-bond donors (Lipinski definition) is 4. The third-order valence-corrected chi connectivity index (χ3v) is 2.71. The highest BCUT2D eigenvalue weighted by atomic mass is 16.4. The molecule has 0 aliphatic carbocycles. The minimum atomic E-state index is -1.12. The fourth-order valence-corrected chi connectivity index (χ4v) is 1.72. The maximum atomic E-state index is 11.3. The quantitative estimate of drug-likeness (QED) is 0.271. The number of hydrogen-bond acceptors (Lipinski definition) is 8. The summed E-state index contributed by atoms with van der Waals surface area (Å²) in [4.78, 5) is 46.8. The predicted octanol–water partition coefficient (Wildman–Crippen LogP) is -3.18. The van der Waals surface area contributed by atoms with Crippen LogP contribution in [-0.2, 0) is 19.2 Å². The Bertz CT molecular complexity index is 376. The fourth-order valence-electron chi connectivity index (χ4n) is 1.72. The second-order valence-electron chi connectivity index (χ2n) is 4.69. The number of carboxylic acids is 2. The van der Waals surface area contributed by atoms with Crippen molar-refractivity contribution in [2.24, 2.45) is 11.5 Å². The third kappa shape index (κ3) is 9.94. The van der Waals surface area contributed by atoms with E-state index in [1.165, 1.54) is 9.80 Å². The first-order valence-electron chi connectivity index (χ1n) is 6.60. The van der Waals surface area contributed by atoms with E-state index in [-0.39, 0.29) is 63.9 Å². The highest BCUT2D eigenvalue weighted by molar-refractivity contribution is 5.83. The first-order chi connectivity index (χ1) is 10.3. The molecule has 0 bridgehead atoms. The van der Waals surface area contributed by atoms with Crippen LogP contribution >= 0.6 is 0 Å². The molecule has 0 fully saturated rings. The maximum Gasteiger partial charge on any atom is 0.317 e. The topological polar surface area (TPSA) is 167 Å². The first kappa shape index (κ1) is 20.1. The van der Waals surface area contributed by atoms with E-state index in [4.69, 9.17) is 21.7 Å². The Morgan fingerprint density at radius 3 is 1.23 bits per heavy atom. The normalized spacial score (nSPS) is 10.9. The molecular weight excluding hydrogens is 296 g/mol. The number of ketones is 2. The van der Waals surface area contributed by atoms with Gasteiger partial charge in [0.2, 0.25) is 0 Å². The van der Waals surface area contributed by atoms with Gasteiger partial charge in [0.15, 0.2) is 11.6 Å². The number of carbonyl (C=O) groups is 4. The van der Waals surface area contributed by atoms with Crippen LogP contribution in [-0.4, -0.2) is 95.9 Å². The number of nitrogens with two attached hydrogens (primary N) is 2. The predicted molar refractivity (Wildman–Crippen MR) is 76.3 cm³/mol. The lowest BCUT2D eigenvalue weighted by molar-refractivity contribution is -0.141. The zero-order valence-electron chi connectivity index (χ0n) is 12.2. The highest BCUT2D eigenvalue weighted by Crippen LogP contribution is 1.95. The van der Waals surface area contributed by atoms with Crippen LogP contribution in [0.4, 0.5) is 0 Å². The largest absolute Gasteiger partial charge is 0.480 e. The molecule has 6 N–H and O–H groups in total. The summed E-state index contributed by atoms with van der Waals surface area (Å²) < 4.78 is 0. The van der Waals surface area contributed by atoms with E-state index in [0.29, 0.717) is 0 Å². The molecule has 0 saturated heterocycles. The van der Waals surface area contributed by atoms with Gasteiger partial charge in [-0.15, -0.1) is 0 Å². The lowest BCUT2D eigenvalue weighted by atomic mass is 10.3. The molecule has 0 amide bonds. The van der Waals surface area contributed by atoms with Gasteiger partial charge in [0.25, 0.3) is 0 Å². The third-order valence-electron chi connectivity index (χ3n) is 2.71. The Balaban J connectivity index is 4.63. The summed E-state index contributed by atoms with van der Waals surface area (Å²) in [5.74, 6) is -2.89. The van der Waals surface area contributed by atoms with E-state index in [0.717, 1.165) is 0 Å². The van der Waals surface area contributed by atoms with Crippen molar-refractivity contribution in [2.45, 2.75) is 0 Å². The maximum absolute atomic E-state index is 11.3. The lowest BCUT2D eigenvalue weighted by Gasteiger charge is -2.24. The number of Topliss-reactive ketones (excluding diaryl/α,β-unsaturated/α-hetero) is 2. The summed E-state index contributed by atoms with van der Waals surface area (Å²) >= 11 is 0. The van der Waals surface area contributed by atoms with E-state index in [1.807, 2.05) is 0 Å². The van der Waals surface area contributed by atoms with Crippen molar-refractivity contribution in [3.05, 3.63) is 0 Å². The average molecular weight is 318 g/mol. The van der Waals surface area contributed by atoms with Gasteiger partial charge >= 0.3 is 11.9 Å². The first-order valence-corrected chi connectivity index (χ1v) is 6.60. The van der Waals surface area contributed by atoms with Crippen LogP contribution in [0, 0.1) is 0 Å². The zero-order chi connectivity index (χ0) is 17.1. The molecule has 10 heteroatoms. The molecule has 0 aromatic heterocycles. The summed E-state index contributed by atoms with van der Waals surface area (Å²) in [7, 11) is 0. The van der Waals surface area contributed by atoms with Crippen LogP contribution in [0.2, 0.25) is 0 Å². The van der Waals surface area contributed by atoms with Gasteiger partial charge in [-0.05, 0) is 0 Å². The van der Waals surface area contributed by atoms with Gasteiger partial charge in [0, 0.05) is 13.1 Å². The lowest BCUT2D eigenvalue weighted by Crippen LogP contribution is -2.44. The molecular formula is C12H22N4O6. The zero-order valence-corrected chi connectivity index (χ0v) is 12.2. The molecule has 0 aliphatic rings. The number of nitrogens with zero attached hydrogens (tertiary/aromatic N) is 2. The molecule has 10 nitrogen and oxygen atoms in total. The van der Waals surface area contributed by atoms with E-state index in [1.54, 1.807) is 0 Å². The van der Waals surface area contributed by atoms with Gasteiger partial charge in [-0.1, -0.05) is 0 Å². The highest BCUT2D eigenvalue weighted by Gasteiger charge is 2.17. The van der Waals surface area contributed by atoms with E-state index >= 15 is 0 Å². The summed E-state index contributed by atoms with van der Waals surface area (Å²) in [6.45, 7) is -1.23. The van der Waals surface area contributed by atoms with Gasteiger partial charge in [0.05, 0.1) is 39.3 Å². The van der Waals surface area contributed by atoms with Crippen LogP contribution in [0.15, 0.2) is 0 Å². The Morgan fingerprint density at radius 2 is 1.00 bits per heavy atom. The van der Waals surface area contributed by atoms with Gasteiger partial charge in [-0.25, -0.2) is 0 Å². The van der Waals surface area contributed by atoms with E-state index in [9.17, 15) is 19.2 Å². The van der Waals surface area contributed by atoms with Crippen molar-refractivity contribution in [1.29, 1.82) is 0 Å². The number of carbonyl (C=O) groups excluding carboxylic acids is 2. The number of aliphatic carboxylic acids is 2. The van der Waals surface area contributed by atoms with Crippen LogP contribution in [0.5, 0.6) is 0 Å². The van der Waals surface area contributed by atoms with Crippen molar-refractivity contribution >= 4 is 23.5 Å². The Labute approximate surface area is 127 Å². The summed E-state index contributed by atoms with van der Waals surface area (Å²) in [6, 6.07) is 0. The van der Waals surface area contributed by atoms with Crippen LogP contribution in [0.3, 0.4) is 0 Å². The van der Waals surface area contributed by atoms with Crippen molar-refractivity contribution in [2.75, 3.05) is 52.4 Å². The van der Waals surface area contributed by atoms with E-state index in [2.05, 4.69) is 0 Å². The molecule has 0 radical (unpaired) electrons. The number of rotatable bonds is 13. The average Bonchev–Trinajstić information content (AvgIpc) is 2.42. The monoisotopic (exact) mass is 318 g/mol. The van der Waals surface area contributed by atoms with Gasteiger partial charge in [-0.3, -0.25) is 29.0 Å². The Hall–Kier alpha value is -1.88. The number of carboxylic acid groups (broad SMARTS) is 2. The summed E-state index contributed by atoms with van der Waals surface area (Å²) in [6.07, 6.45) is 0. The summed E-state index contributed by atoms with van der Waals surface area (Å²) in [5.41, 5.74) is 10.4. The summed E-state index contributed by atoms with van der Waals surface area (Å²) in [5, 5.41) is 17.6. The minimum absolute atomic E-state index is 0.114. The molecule has 0 heterocycles. The molecule has 0 aromatic carbocycles. The SMILES string of the molecule is NCC(=O)CN(CCN(CC(=O)O)CC(=O)CN)CC(=O)O. The Kier molecular flexibility index (Phi) is 9.87. The molecule has 0 atom stereocenters.